The number of rotatable bonds is 8. The molecule has 1 aromatic carbocycles. The lowest BCUT2D eigenvalue weighted by Gasteiger charge is -2.30. The molecule has 27 heavy (non-hydrogen) atoms. The van der Waals surface area contributed by atoms with Crippen molar-refractivity contribution in [2.24, 2.45) is 5.92 Å². The van der Waals surface area contributed by atoms with Gasteiger partial charge in [0.15, 0.2) is 0 Å². The second-order valence-corrected chi connectivity index (χ2v) is 9.09. The molecule has 0 spiro atoms. The van der Waals surface area contributed by atoms with Crippen LogP contribution < -0.4 is 4.74 Å². The third kappa shape index (κ3) is 5.24. The first kappa shape index (κ1) is 19.2. The Bertz CT molecular complexity index is 781. The molecule has 1 aliphatic heterocycles. The normalized spacial score (nSPS) is 18.9. The molecule has 0 bridgehead atoms. The van der Waals surface area contributed by atoms with Gasteiger partial charge in [0.2, 0.25) is 0 Å². The zero-order chi connectivity index (χ0) is 18.6. The number of hydrogen-bond acceptors (Lipinski definition) is 5. The van der Waals surface area contributed by atoms with Gasteiger partial charge in [-0.2, -0.15) is 11.8 Å². The van der Waals surface area contributed by atoms with Crippen molar-refractivity contribution >= 4 is 34.3 Å². The molecule has 1 saturated carbocycles. The van der Waals surface area contributed by atoms with Crippen molar-refractivity contribution in [3.8, 4) is 5.75 Å². The summed E-state index contributed by atoms with van der Waals surface area (Å²) in [5.74, 6) is 3.10. The van der Waals surface area contributed by atoms with Gasteiger partial charge in [-0.1, -0.05) is 0 Å². The number of hydrogen-bond donors (Lipinski definition) is 0. The SMILES string of the molecule is Fc1cc(OCC2CC2)cc2nc(CSC3CCN(CCCl)CC3)ncc12. The highest BCUT2D eigenvalue weighted by atomic mass is 35.5. The largest absolute Gasteiger partial charge is 0.493 e. The molecule has 1 aromatic heterocycles. The maximum atomic E-state index is 14.3. The Kier molecular flexibility index (Phi) is 6.35. The first-order valence-electron chi connectivity index (χ1n) is 9.69. The van der Waals surface area contributed by atoms with Crippen LogP contribution in [-0.2, 0) is 5.75 Å². The van der Waals surface area contributed by atoms with Crippen LogP contribution in [0.3, 0.4) is 0 Å². The van der Waals surface area contributed by atoms with Crippen LogP contribution in [0.15, 0.2) is 18.3 Å². The third-order valence-corrected chi connectivity index (χ3v) is 6.78. The number of aromatic nitrogens is 2. The zero-order valence-electron chi connectivity index (χ0n) is 15.4. The van der Waals surface area contributed by atoms with E-state index in [2.05, 4.69) is 14.9 Å². The zero-order valence-corrected chi connectivity index (χ0v) is 16.9. The number of benzene rings is 1. The van der Waals surface area contributed by atoms with Gasteiger partial charge in [0.1, 0.15) is 17.4 Å². The second-order valence-electron chi connectivity index (χ2n) is 7.42. The predicted octanol–water partition coefficient (Wildman–Crippen LogP) is 4.49. The predicted molar refractivity (Wildman–Crippen MR) is 109 cm³/mol. The molecule has 7 heteroatoms. The summed E-state index contributed by atoms with van der Waals surface area (Å²) in [5.41, 5.74) is 0.628. The minimum atomic E-state index is -0.316. The number of fused-ring (bicyclic) bond motifs is 1. The first-order valence-corrected chi connectivity index (χ1v) is 11.3. The number of alkyl halides is 1. The molecule has 2 aliphatic rings. The highest BCUT2D eigenvalue weighted by Crippen LogP contribution is 2.31. The highest BCUT2D eigenvalue weighted by Gasteiger charge is 2.22. The molecule has 0 atom stereocenters. The Morgan fingerprint density at radius 1 is 1.22 bits per heavy atom. The van der Waals surface area contributed by atoms with Crippen molar-refractivity contribution in [1.29, 1.82) is 0 Å². The van der Waals surface area contributed by atoms with E-state index >= 15 is 0 Å². The molecule has 0 radical (unpaired) electrons. The van der Waals surface area contributed by atoms with Crippen LogP contribution in [0.25, 0.3) is 10.9 Å². The Labute approximate surface area is 168 Å². The van der Waals surface area contributed by atoms with Gasteiger partial charge in [-0.05, 0) is 44.7 Å². The maximum absolute atomic E-state index is 14.3. The van der Waals surface area contributed by atoms with E-state index in [0.29, 0.717) is 40.3 Å². The monoisotopic (exact) mass is 409 g/mol. The smallest absolute Gasteiger partial charge is 0.138 e. The summed E-state index contributed by atoms with van der Waals surface area (Å²) < 4.78 is 20.0. The summed E-state index contributed by atoms with van der Waals surface area (Å²) in [6.45, 7) is 3.86. The van der Waals surface area contributed by atoms with Gasteiger partial charge in [-0.15, -0.1) is 11.6 Å². The first-order chi connectivity index (χ1) is 13.2. The quantitative estimate of drug-likeness (QED) is 0.600. The van der Waals surface area contributed by atoms with E-state index in [-0.39, 0.29) is 5.82 Å². The summed E-state index contributed by atoms with van der Waals surface area (Å²) >= 11 is 7.72. The molecule has 2 heterocycles. The second kappa shape index (κ2) is 8.93. The van der Waals surface area contributed by atoms with Crippen LogP contribution in [0.4, 0.5) is 4.39 Å². The molecule has 0 N–H and O–H groups in total. The summed E-state index contributed by atoms with van der Waals surface area (Å²) in [6, 6.07) is 3.28. The number of piperidine rings is 1. The number of ether oxygens (including phenoxy) is 1. The third-order valence-electron chi connectivity index (χ3n) is 5.24. The molecule has 1 aliphatic carbocycles. The molecule has 0 amide bonds. The van der Waals surface area contributed by atoms with Gasteiger partial charge in [-0.3, -0.25) is 0 Å². The lowest BCUT2D eigenvalue weighted by molar-refractivity contribution is 0.246. The van der Waals surface area contributed by atoms with Crippen molar-refractivity contribution in [1.82, 2.24) is 14.9 Å². The van der Waals surface area contributed by atoms with Gasteiger partial charge in [-0.25, -0.2) is 14.4 Å². The highest BCUT2D eigenvalue weighted by molar-refractivity contribution is 7.99. The van der Waals surface area contributed by atoms with Crippen molar-refractivity contribution in [3.63, 3.8) is 0 Å². The topological polar surface area (TPSA) is 38.2 Å². The van der Waals surface area contributed by atoms with Crippen LogP contribution in [-0.4, -0.2) is 52.2 Å². The molecular weight excluding hydrogens is 385 g/mol. The van der Waals surface area contributed by atoms with E-state index < -0.39 is 0 Å². The van der Waals surface area contributed by atoms with E-state index in [0.717, 1.165) is 31.2 Å². The van der Waals surface area contributed by atoms with Gasteiger partial charge in [0, 0.05) is 36.0 Å². The maximum Gasteiger partial charge on any atom is 0.138 e. The van der Waals surface area contributed by atoms with Crippen LogP contribution in [0.5, 0.6) is 5.75 Å². The summed E-state index contributed by atoms with van der Waals surface area (Å²) in [5, 5.41) is 1.08. The van der Waals surface area contributed by atoms with Crippen LogP contribution in [0.1, 0.15) is 31.5 Å². The number of halogens is 2. The Morgan fingerprint density at radius 2 is 2.04 bits per heavy atom. The van der Waals surface area contributed by atoms with Crippen molar-refractivity contribution in [2.45, 2.75) is 36.7 Å². The van der Waals surface area contributed by atoms with Crippen LogP contribution in [0.2, 0.25) is 0 Å². The molecule has 2 fully saturated rings. The average molecular weight is 410 g/mol. The van der Waals surface area contributed by atoms with E-state index in [4.69, 9.17) is 16.3 Å². The molecule has 0 unspecified atom stereocenters. The summed E-state index contributed by atoms with van der Waals surface area (Å²) in [6.07, 6.45) is 6.36. The Morgan fingerprint density at radius 3 is 2.78 bits per heavy atom. The lowest BCUT2D eigenvalue weighted by Crippen LogP contribution is -2.36. The number of nitrogens with zero attached hydrogens (tertiary/aromatic N) is 3. The fourth-order valence-corrected chi connectivity index (χ4v) is 4.68. The van der Waals surface area contributed by atoms with Gasteiger partial charge >= 0.3 is 0 Å². The molecule has 146 valence electrons. The van der Waals surface area contributed by atoms with E-state index in [1.54, 1.807) is 6.20 Å². The van der Waals surface area contributed by atoms with Crippen LogP contribution >= 0.6 is 23.4 Å². The van der Waals surface area contributed by atoms with Crippen molar-refractivity contribution < 1.29 is 9.13 Å². The van der Waals surface area contributed by atoms with E-state index in [1.807, 2.05) is 17.8 Å². The number of thioether (sulfide) groups is 1. The summed E-state index contributed by atoms with van der Waals surface area (Å²) in [4.78, 5) is 11.4. The molecule has 2 aromatic rings. The minimum Gasteiger partial charge on any atom is -0.493 e. The van der Waals surface area contributed by atoms with Gasteiger partial charge in [0.25, 0.3) is 0 Å². The number of likely N-dealkylation sites (tertiary alicyclic amines) is 1. The molecule has 4 rings (SSSR count). The standard InChI is InChI=1S/C20H25ClFN3OS/c21-5-8-25-6-3-16(4-7-25)27-13-20-23-11-17-18(22)9-15(10-19(17)24-20)26-12-14-1-2-14/h9-11,14,16H,1-8,12-13H2. The molecule has 4 nitrogen and oxygen atoms in total. The minimum absolute atomic E-state index is 0.316. The Hall–Kier alpha value is -1.11. The van der Waals surface area contributed by atoms with E-state index in [9.17, 15) is 4.39 Å². The fraction of sp³-hybridized carbons (Fsp3) is 0.600. The molecular formula is C20H25ClFN3OS. The van der Waals surface area contributed by atoms with Crippen molar-refractivity contribution in [2.75, 3.05) is 32.1 Å². The van der Waals surface area contributed by atoms with Crippen LogP contribution in [0, 0.1) is 11.7 Å². The van der Waals surface area contributed by atoms with Gasteiger partial charge in [0.05, 0.1) is 23.3 Å². The lowest BCUT2D eigenvalue weighted by atomic mass is 10.1. The Balaban J connectivity index is 1.37. The summed E-state index contributed by atoms with van der Waals surface area (Å²) in [7, 11) is 0. The van der Waals surface area contributed by atoms with Crippen molar-refractivity contribution in [3.05, 3.63) is 30.0 Å². The fourth-order valence-electron chi connectivity index (χ4n) is 3.37. The molecule has 1 saturated heterocycles. The van der Waals surface area contributed by atoms with Gasteiger partial charge < -0.3 is 9.64 Å². The average Bonchev–Trinajstić information content (AvgIpc) is 3.50. The van der Waals surface area contributed by atoms with E-state index in [1.165, 1.54) is 31.7 Å².